The third-order valence-electron chi connectivity index (χ3n) is 2.34. The molecule has 0 spiro atoms. The summed E-state index contributed by atoms with van der Waals surface area (Å²) in [5.41, 5.74) is 0. The smallest absolute Gasteiger partial charge is 0.396 e. The molecule has 0 aromatic rings. The summed E-state index contributed by atoms with van der Waals surface area (Å²) in [6.07, 6.45) is 15.4. The fourth-order valence-corrected chi connectivity index (χ4v) is 2.64. The van der Waals surface area contributed by atoms with Crippen LogP contribution in [0, 0.1) is 62.5 Å². The first-order valence-electron chi connectivity index (χ1n) is 5.91. The van der Waals surface area contributed by atoms with Crippen molar-refractivity contribution in [1.29, 1.82) is 0 Å². The topological polar surface area (TPSA) is 37.3 Å². The number of hydrogen-bond acceptors (Lipinski definition) is 2. The van der Waals surface area contributed by atoms with Gasteiger partial charge in [0.05, 0.1) is 11.9 Å². The Hall–Kier alpha value is 0.629. The predicted octanol–water partition coefficient (Wildman–Crippen LogP) is 2.28. The molecule has 19 heavy (non-hydrogen) atoms. The zero-order valence-electron chi connectivity index (χ0n) is 11.4. The van der Waals surface area contributed by atoms with Gasteiger partial charge in [-0.2, -0.15) is 0 Å². The van der Waals surface area contributed by atoms with E-state index < -0.39 is 10.8 Å². The Bertz CT molecular complexity index is 252. The minimum atomic E-state index is -1.04. The first kappa shape index (κ1) is 19.6. The van der Waals surface area contributed by atoms with Gasteiger partial charge in [-0.25, -0.2) is 0 Å². The summed E-state index contributed by atoms with van der Waals surface area (Å²) in [7, 11) is -1.04. The van der Waals surface area contributed by atoms with Crippen LogP contribution in [0.5, 0.6) is 0 Å². The summed E-state index contributed by atoms with van der Waals surface area (Å²) >= 11 is 0. The van der Waals surface area contributed by atoms with E-state index in [2.05, 4.69) is 0 Å². The van der Waals surface area contributed by atoms with E-state index in [4.69, 9.17) is 5.11 Å². The number of hydrogen-bond donors (Lipinski definition) is 1. The molecule has 0 bridgehead atoms. The van der Waals surface area contributed by atoms with Gasteiger partial charge in [0.1, 0.15) is 0 Å². The van der Waals surface area contributed by atoms with Gasteiger partial charge in [-0.1, -0.05) is 0 Å². The molecule has 1 atom stereocenters. The van der Waals surface area contributed by atoms with Crippen molar-refractivity contribution in [3.05, 3.63) is 62.5 Å². The fraction of sp³-hybridized carbons (Fsp3) is 0.333. The largest absolute Gasteiger partial charge is 2.00 e. The first-order chi connectivity index (χ1) is 8.46. The zero-order chi connectivity index (χ0) is 13.6. The van der Waals surface area contributed by atoms with E-state index in [0.29, 0.717) is 0 Å². The van der Waals surface area contributed by atoms with E-state index >= 15 is 0 Å². The van der Waals surface area contributed by atoms with Crippen molar-refractivity contribution in [3.63, 3.8) is 0 Å². The molecule has 4 heteroatoms. The quantitative estimate of drug-likeness (QED) is 0.793. The summed E-state index contributed by atoms with van der Waals surface area (Å²) in [5.74, 6) is 0.772. The summed E-state index contributed by atoms with van der Waals surface area (Å²) in [6.45, 7) is 5.75. The van der Waals surface area contributed by atoms with Gasteiger partial charge in [-0.3, -0.25) is 4.21 Å². The second kappa shape index (κ2) is 9.54. The molecule has 2 aliphatic carbocycles. The minimum Gasteiger partial charge on any atom is -0.396 e. The molecule has 0 heterocycles. The SMILES string of the molecule is CC(C)(C)[S@](=O)[C]1[CH][CH][CH][C]1CO.[CH]1[CH][CH][CH][CH]1.[Fe+2]. The van der Waals surface area contributed by atoms with E-state index in [-0.39, 0.29) is 28.4 Å². The molecule has 0 aromatic carbocycles. The van der Waals surface area contributed by atoms with Gasteiger partial charge in [-0.15, -0.1) is 0 Å². The van der Waals surface area contributed by atoms with Crippen LogP contribution in [0.15, 0.2) is 0 Å². The molecule has 2 aliphatic rings. The molecule has 10 radical (unpaired) electrons. The number of rotatable bonds is 2. The van der Waals surface area contributed by atoms with E-state index in [1.807, 2.05) is 65.7 Å². The summed E-state index contributed by atoms with van der Waals surface area (Å²) in [4.78, 5) is 0. The standard InChI is InChI=1S/C10H15O2S.C5H5.Fe/c1-10(2,3)13(12)9-6-4-5-8(9)7-11;1-2-4-5-3-1;/h4-6,11H,7H2,1-3H3;1-5H;/q;;+2/t13-;;/m1../s1. The first-order valence-corrected chi connectivity index (χ1v) is 7.06. The molecule has 2 nitrogen and oxygen atoms in total. The fourth-order valence-electron chi connectivity index (χ4n) is 1.40. The average Bonchev–Trinajstić information content (AvgIpc) is 3.00. The maximum atomic E-state index is 11.9. The molecule has 0 amide bonds. The third kappa shape index (κ3) is 6.75. The molecule has 0 aliphatic heterocycles. The van der Waals surface area contributed by atoms with Crippen LogP contribution >= 0.6 is 0 Å². The number of aliphatic hydroxyl groups excluding tert-OH is 1. The summed E-state index contributed by atoms with van der Waals surface area (Å²) < 4.78 is 11.6. The van der Waals surface area contributed by atoms with Crippen molar-refractivity contribution in [2.24, 2.45) is 0 Å². The monoisotopic (exact) mass is 320 g/mol. The average molecular weight is 320 g/mol. The zero-order valence-corrected chi connectivity index (χ0v) is 13.4. The van der Waals surface area contributed by atoms with E-state index in [0.717, 1.165) is 11.2 Å². The summed E-state index contributed by atoms with van der Waals surface area (Å²) in [5, 5.41) is 9.75. The molecule has 1 N–H and O–H groups in total. The van der Waals surface area contributed by atoms with Gasteiger partial charge in [0.15, 0.2) is 0 Å². The van der Waals surface area contributed by atoms with Crippen molar-refractivity contribution in [2.75, 3.05) is 6.61 Å². The van der Waals surface area contributed by atoms with Crippen LogP contribution in [0.2, 0.25) is 0 Å². The Balaban J connectivity index is 0.000000454. The normalized spacial score (nSPS) is 22.5. The molecule has 0 unspecified atom stereocenters. The molecule has 0 aromatic heterocycles. The van der Waals surface area contributed by atoms with Gasteiger partial charge in [0.2, 0.25) is 0 Å². The van der Waals surface area contributed by atoms with Crippen LogP contribution in [0.1, 0.15) is 20.8 Å². The van der Waals surface area contributed by atoms with Gasteiger partial charge in [0.25, 0.3) is 0 Å². The Morgan fingerprint density at radius 3 is 1.84 bits per heavy atom. The van der Waals surface area contributed by atoms with E-state index in [1.54, 1.807) is 6.42 Å². The Morgan fingerprint density at radius 2 is 1.47 bits per heavy atom. The van der Waals surface area contributed by atoms with Crippen LogP contribution in [-0.2, 0) is 27.9 Å². The molecule has 2 fully saturated rings. The minimum absolute atomic E-state index is 0. The van der Waals surface area contributed by atoms with Crippen LogP contribution in [0.4, 0.5) is 0 Å². The van der Waals surface area contributed by atoms with E-state index in [1.165, 1.54) is 0 Å². The molecule has 0 saturated heterocycles. The second-order valence-corrected chi connectivity index (χ2v) is 7.12. The van der Waals surface area contributed by atoms with Crippen LogP contribution in [-0.4, -0.2) is 20.7 Å². The van der Waals surface area contributed by atoms with Crippen LogP contribution in [0.25, 0.3) is 0 Å². The molecule has 104 valence electrons. The third-order valence-corrected chi connectivity index (χ3v) is 4.25. The molecular formula is C15H20FeO2S+2. The Kier molecular flexibility index (Phi) is 9.86. The van der Waals surface area contributed by atoms with Crippen molar-refractivity contribution in [3.8, 4) is 0 Å². The van der Waals surface area contributed by atoms with Gasteiger partial charge in [0, 0.05) is 21.5 Å². The van der Waals surface area contributed by atoms with Crippen LogP contribution in [0.3, 0.4) is 0 Å². The second-order valence-electron chi connectivity index (χ2n) is 4.92. The van der Waals surface area contributed by atoms with Gasteiger partial charge in [-0.05, 0) is 72.1 Å². The van der Waals surface area contributed by atoms with Crippen LogP contribution < -0.4 is 0 Å². The molecule has 2 saturated carbocycles. The van der Waals surface area contributed by atoms with Crippen molar-refractivity contribution < 1.29 is 26.4 Å². The molecule has 2 rings (SSSR count). The predicted molar refractivity (Wildman–Crippen MR) is 75.9 cm³/mol. The maximum Gasteiger partial charge on any atom is 2.00 e. The Labute approximate surface area is 132 Å². The van der Waals surface area contributed by atoms with Gasteiger partial charge >= 0.3 is 17.1 Å². The summed E-state index contributed by atoms with van der Waals surface area (Å²) in [6, 6.07) is 0. The van der Waals surface area contributed by atoms with Crippen molar-refractivity contribution >= 4 is 10.8 Å². The van der Waals surface area contributed by atoms with Crippen molar-refractivity contribution in [2.45, 2.75) is 25.5 Å². The molecular weight excluding hydrogens is 300 g/mol. The Morgan fingerprint density at radius 1 is 1.00 bits per heavy atom. The van der Waals surface area contributed by atoms with Gasteiger partial charge < -0.3 is 5.11 Å². The maximum absolute atomic E-state index is 11.9. The van der Waals surface area contributed by atoms with E-state index in [9.17, 15) is 4.21 Å². The van der Waals surface area contributed by atoms with Crippen molar-refractivity contribution in [1.82, 2.24) is 0 Å². The number of aliphatic hydroxyl groups is 1.